The number of ether oxygens (including phenoxy) is 1. The maximum Gasteiger partial charge on any atom is 0.276 e. The first-order chi connectivity index (χ1) is 12.5. The van der Waals surface area contributed by atoms with Crippen molar-refractivity contribution in [1.82, 2.24) is 10.2 Å². The Morgan fingerprint density at radius 2 is 1.77 bits per heavy atom. The molecule has 0 aliphatic carbocycles. The number of benzene rings is 2. The molecule has 3 rings (SSSR count). The van der Waals surface area contributed by atoms with Crippen molar-refractivity contribution in [3.63, 3.8) is 0 Å². The second-order valence-electron chi connectivity index (χ2n) is 5.24. The molecule has 132 valence electrons. The van der Waals surface area contributed by atoms with Gasteiger partial charge in [-0.15, -0.1) is 10.2 Å². The lowest BCUT2D eigenvalue weighted by molar-refractivity contribution is 0.102. The van der Waals surface area contributed by atoms with Crippen molar-refractivity contribution in [1.29, 1.82) is 0 Å². The molecule has 0 saturated heterocycles. The van der Waals surface area contributed by atoms with Gasteiger partial charge in [0.25, 0.3) is 5.91 Å². The van der Waals surface area contributed by atoms with Crippen LogP contribution < -0.4 is 15.4 Å². The second kappa shape index (κ2) is 8.03. The first-order valence-electron chi connectivity index (χ1n) is 7.56. The maximum atomic E-state index is 12.2. The van der Waals surface area contributed by atoms with E-state index in [2.05, 4.69) is 20.8 Å². The predicted molar refractivity (Wildman–Crippen MR) is 103 cm³/mol. The van der Waals surface area contributed by atoms with Crippen LogP contribution in [0, 0.1) is 0 Å². The number of methoxy groups -OCH3 is 1. The lowest BCUT2D eigenvalue weighted by Gasteiger charge is -2.08. The van der Waals surface area contributed by atoms with Gasteiger partial charge in [0.1, 0.15) is 5.75 Å². The molecule has 8 heteroatoms. The van der Waals surface area contributed by atoms with E-state index in [1.165, 1.54) is 0 Å². The van der Waals surface area contributed by atoms with Crippen LogP contribution in [-0.2, 0) is 0 Å². The topological polar surface area (TPSA) is 76.1 Å². The van der Waals surface area contributed by atoms with Gasteiger partial charge in [-0.3, -0.25) is 4.79 Å². The minimum atomic E-state index is -0.362. The van der Waals surface area contributed by atoms with E-state index in [1.54, 1.807) is 61.7 Å². The Balaban J connectivity index is 1.67. The molecule has 1 aromatic heterocycles. The van der Waals surface area contributed by atoms with Gasteiger partial charge in [-0.1, -0.05) is 23.2 Å². The number of aromatic nitrogens is 2. The number of hydrogen-bond acceptors (Lipinski definition) is 5. The molecule has 1 amide bonds. The molecule has 0 bridgehead atoms. The fourth-order valence-corrected chi connectivity index (χ4v) is 2.57. The van der Waals surface area contributed by atoms with E-state index in [4.69, 9.17) is 27.9 Å². The molecule has 3 aromatic rings. The third-order valence-corrected chi connectivity index (χ3v) is 3.99. The average molecular weight is 389 g/mol. The van der Waals surface area contributed by atoms with Gasteiger partial charge >= 0.3 is 0 Å². The van der Waals surface area contributed by atoms with Crippen LogP contribution in [0.15, 0.2) is 54.6 Å². The molecule has 0 radical (unpaired) electrons. The molecule has 26 heavy (non-hydrogen) atoms. The highest BCUT2D eigenvalue weighted by Gasteiger charge is 2.10. The summed E-state index contributed by atoms with van der Waals surface area (Å²) in [5.74, 6) is 0.799. The van der Waals surface area contributed by atoms with E-state index in [-0.39, 0.29) is 11.6 Å². The van der Waals surface area contributed by atoms with Gasteiger partial charge in [0, 0.05) is 10.7 Å². The zero-order valence-electron chi connectivity index (χ0n) is 13.7. The summed E-state index contributed by atoms with van der Waals surface area (Å²) in [5, 5.41) is 14.7. The Hall–Kier alpha value is -2.83. The van der Waals surface area contributed by atoms with E-state index in [1.807, 2.05) is 0 Å². The summed E-state index contributed by atoms with van der Waals surface area (Å²) in [6.07, 6.45) is 0. The zero-order chi connectivity index (χ0) is 18.5. The van der Waals surface area contributed by atoms with Crippen molar-refractivity contribution in [3.05, 3.63) is 70.3 Å². The predicted octanol–water partition coefficient (Wildman–Crippen LogP) is 4.79. The van der Waals surface area contributed by atoms with Crippen molar-refractivity contribution in [2.45, 2.75) is 0 Å². The second-order valence-corrected chi connectivity index (χ2v) is 6.08. The molecule has 0 fully saturated rings. The molecule has 0 aliphatic heterocycles. The van der Waals surface area contributed by atoms with Crippen LogP contribution in [0.5, 0.6) is 5.75 Å². The summed E-state index contributed by atoms with van der Waals surface area (Å²) < 4.78 is 5.08. The van der Waals surface area contributed by atoms with Crippen LogP contribution >= 0.6 is 23.2 Å². The van der Waals surface area contributed by atoms with E-state index in [9.17, 15) is 4.79 Å². The van der Waals surface area contributed by atoms with E-state index >= 15 is 0 Å². The van der Waals surface area contributed by atoms with Crippen LogP contribution in [0.25, 0.3) is 0 Å². The number of carbonyl (C=O) groups excluding carboxylic acids is 1. The Morgan fingerprint density at radius 1 is 1.00 bits per heavy atom. The molecule has 1 heterocycles. The van der Waals surface area contributed by atoms with Crippen LogP contribution in [0.1, 0.15) is 10.5 Å². The minimum absolute atomic E-state index is 0.188. The largest absolute Gasteiger partial charge is 0.497 e. The molecule has 0 spiro atoms. The molecule has 2 N–H and O–H groups in total. The van der Waals surface area contributed by atoms with Gasteiger partial charge in [-0.25, -0.2) is 0 Å². The quantitative estimate of drug-likeness (QED) is 0.656. The summed E-state index contributed by atoms with van der Waals surface area (Å²) in [4.78, 5) is 12.2. The number of amides is 1. The summed E-state index contributed by atoms with van der Waals surface area (Å²) >= 11 is 12.0. The fraction of sp³-hybridized carbons (Fsp3) is 0.0556. The maximum absolute atomic E-state index is 12.2. The van der Waals surface area contributed by atoms with Crippen molar-refractivity contribution >= 4 is 46.3 Å². The Bertz CT molecular complexity index is 915. The van der Waals surface area contributed by atoms with Crippen LogP contribution in [0.4, 0.5) is 17.2 Å². The van der Waals surface area contributed by atoms with Crippen LogP contribution in [0.3, 0.4) is 0 Å². The first kappa shape index (κ1) is 18.0. The molecular weight excluding hydrogens is 375 g/mol. The van der Waals surface area contributed by atoms with Crippen molar-refractivity contribution < 1.29 is 9.53 Å². The Kier molecular flexibility index (Phi) is 5.55. The smallest absolute Gasteiger partial charge is 0.276 e. The van der Waals surface area contributed by atoms with Gasteiger partial charge in [-0.05, 0) is 54.6 Å². The molecule has 0 aliphatic rings. The van der Waals surface area contributed by atoms with E-state index in [0.29, 0.717) is 33.0 Å². The summed E-state index contributed by atoms with van der Waals surface area (Å²) in [7, 11) is 1.58. The van der Waals surface area contributed by atoms with Crippen molar-refractivity contribution in [2.24, 2.45) is 0 Å². The van der Waals surface area contributed by atoms with Crippen molar-refractivity contribution in [2.75, 3.05) is 17.7 Å². The summed E-state index contributed by atoms with van der Waals surface area (Å²) in [6.45, 7) is 0. The number of nitrogens with zero attached hydrogens (tertiary/aromatic N) is 2. The molecule has 0 saturated carbocycles. The zero-order valence-corrected chi connectivity index (χ0v) is 15.2. The number of hydrogen-bond donors (Lipinski definition) is 2. The van der Waals surface area contributed by atoms with Gasteiger partial charge < -0.3 is 15.4 Å². The van der Waals surface area contributed by atoms with E-state index in [0.717, 1.165) is 0 Å². The lowest BCUT2D eigenvalue weighted by atomic mass is 10.3. The molecular formula is C18H14Cl2N4O2. The van der Waals surface area contributed by atoms with Crippen molar-refractivity contribution in [3.8, 4) is 5.75 Å². The highest BCUT2D eigenvalue weighted by molar-refractivity contribution is 6.36. The van der Waals surface area contributed by atoms with Gasteiger partial charge in [0.2, 0.25) is 0 Å². The average Bonchev–Trinajstić information content (AvgIpc) is 2.65. The Labute approximate surface area is 160 Å². The highest BCUT2D eigenvalue weighted by atomic mass is 35.5. The minimum Gasteiger partial charge on any atom is -0.497 e. The first-order valence-corrected chi connectivity index (χ1v) is 8.32. The molecule has 6 nitrogen and oxygen atoms in total. The molecule has 0 unspecified atom stereocenters. The third kappa shape index (κ3) is 4.41. The van der Waals surface area contributed by atoms with E-state index < -0.39 is 0 Å². The Morgan fingerprint density at radius 3 is 2.38 bits per heavy atom. The number of halogens is 2. The molecule has 2 aromatic carbocycles. The monoisotopic (exact) mass is 388 g/mol. The number of rotatable bonds is 5. The van der Waals surface area contributed by atoms with Gasteiger partial charge in [0.15, 0.2) is 11.5 Å². The number of anilines is 3. The molecule has 0 atom stereocenters. The summed E-state index contributed by atoms with van der Waals surface area (Å²) in [6, 6.07) is 15.3. The summed E-state index contributed by atoms with van der Waals surface area (Å²) in [5.41, 5.74) is 1.46. The standard InChI is InChI=1S/C18H14Cl2N4O2/c1-26-13-5-3-12(4-6-13)21-18(25)16-8-9-17(24-23-16)22-15-7-2-11(19)10-14(15)20/h2-10H,1H3,(H,21,25)(H,22,24). The SMILES string of the molecule is COc1ccc(NC(=O)c2ccc(Nc3ccc(Cl)cc3Cl)nn2)cc1. The number of nitrogens with one attached hydrogen (secondary N) is 2. The van der Waals surface area contributed by atoms with Crippen LogP contribution in [0.2, 0.25) is 10.0 Å². The van der Waals surface area contributed by atoms with Gasteiger partial charge in [-0.2, -0.15) is 0 Å². The highest BCUT2D eigenvalue weighted by Crippen LogP contribution is 2.27. The normalized spacial score (nSPS) is 10.3. The number of carbonyl (C=O) groups is 1. The van der Waals surface area contributed by atoms with Crippen LogP contribution in [-0.4, -0.2) is 23.2 Å². The van der Waals surface area contributed by atoms with Gasteiger partial charge in [0.05, 0.1) is 17.8 Å². The fourth-order valence-electron chi connectivity index (χ4n) is 2.12. The third-order valence-electron chi connectivity index (χ3n) is 3.44. The lowest BCUT2D eigenvalue weighted by Crippen LogP contribution is -2.14.